The van der Waals surface area contributed by atoms with E-state index in [1.54, 1.807) is 23.3 Å². The van der Waals surface area contributed by atoms with Gasteiger partial charge in [0.15, 0.2) is 5.82 Å². The Morgan fingerprint density at radius 1 is 1.15 bits per heavy atom. The molecule has 0 saturated heterocycles. The lowest BCUT2D eigenvalue weighted by atomic mass is 9.96. The summed E-state index contributed by atoms with van der Waals surface area (Å²) in [6, 6.07) is 1.83. The molecule has 8 heteroatoms. The third-order valence-corrected chi connectivity index (χ3v) is 4.92. The van der Waals surface area contributed by atoms with Gasteiger partial charge in [-0.15, -0.1) is 0 Å². The van der Waals surface area contributed by atoms with E-state index < -0.39 is 0 Å². The van der Waals surface area contributed by atoms with Gasteiger partial charge < -0.3 is 0 Å². The molecule has 0 aromatic carbocycles. The smallest absolute Gasteiger partial charge is 0.257 e. The summed E-state index contributed by atoms with van der Waals surface area (Å²) < 4.78 is 3.05. The molecule has 26 heavy (non-hydrogen) atoms. The number of rotatable bonds is 3. The van der Waals surface area contributed by atoms with Crippen LogP contribution in [0.4, 0.5) is 5.82 Å². The van der Waals surface area contributed by atoms with Gasteiger partial charge in [-0.2, -0.15) is 14.9 Å². The lowest BCUT2D eigenvalue weighted by Gasteiger charge is -2.20. The summed E-state index contributed by atoms with van der Waals surface area (Å²) in [6.45, 7) is 3.84. The van der Waals surface area contributed by atoms with Gasteiger partial charge in [0.1, 0.15) is 0 Å². The molecule has 2 aliphatic rings. The Labute approximate surface area is 149 Å². The van der Waals surface area contributed by atoms with Gasteiger partial charge in [0.05, 0.1) is 18.3 Å². The first-order chi connectivity index (χ1) is 12.6. The van der Waals surface area contributed by atoms with Crippen molar-refractivity contribution in [3.63, 3.8) is 0 Å². The molecule has 3 aromatic rings. The van der Waals surface area contributed by atoms with Crippen LogP contribution < -0.4 is 0 Å². The predicted molar refractivity (Wildman–Crippen MR) is 94.7 cm³/mol. The zero-order chi connectivity index (χ0) is 17.8. The van der Waals surface area contributed by atoms with Gasteiger partial charge in [0.25, 0.3) is 11.9 Å². The molecule has 8 nitrogen and oxygen atoms in total. The quantitative estimate of drug-likeness (QED) is 0.726. The highest BCUT2D eigenvalue weighted by atomic mass is 16.2. The molecule has 0 N–H and O–H groups in total. The van der Waals surface area contributed by atoms with Gasteiger partial charge in [-0.25, -0.2) is 19.6 Å². The standard InChI is InChI=1S/C18H17N7O/c1-10-5-6-19-18(22-10)24-9-13(7-20-24)14-8-21-25-16(14)23-11(2)15(17(25)26)12-3-4-12/h5-9,12,15H,3-4H2,1-2H3. The maximum absolute atomic E-state index is 12.8. The van der Waals surface area contributed by atoms with Crippen LogP contribution in [-0.2, 0) is 0 Å². The molecule has 1 saturated carbocycles. The van der Waals surface area contributed by atoms with Crippen LogP contribution in [0.1, 0.15) is 30.3 Å². The second-order valence-corrected chi connectivity index (χ2v) is 6.87. The monoisotopic (exact) mass is 347 g/mol. The molecule has 4 heterocycles. The topological polar surface area (TPSA) is 90.8 Å². The number of fused-ring (bicyclic) bond motifs is 1. The minimum absolute atomic E-state index is 0.0238. The summed E-state index contributed by atoms with van der Waals surface area (Å²) in [5.41, 5.74) is 3.35. The number of nitrogens with zero attached hydrogens (tertiary/aromatic N) is 7. The second kappa shape index (κ2) is 5.42. The van der Waals surface area contributed by atoms with Gasteiger partial charge >= 0.3 is 0 Å². The number of aromatic nitrogens is 6. The fraction of sp³-hybridized carbons (Fsp3) is 0.333. The Morgan fingerprint density at radius 3 is 2.77 bits per heavy atom. The van der Waals surface area contributed by atoms with Gasteiger partial charge in [0.2, 0.25) is 0 Å². The molecule has 1 aliphatic heterocycles. The maximum atomic E-state index is 12.8. The fourth-order valence-electron chi connectivity index (χ4n) is 3.45. The van der Waals surface area contributed by atoms with E-state index in [-0.39, 0.29) is 11.8 Å². The molecule has 1 atom stereocenters. The molecular weight excluding hydrogens is 330 g/mol. The minimum atomic E-state index is -0.126. The molecule has 3 aromatic heterocycles. The lowest BCUT2D eigenvalue weighted by Crippen LogP contribution is -2.32. The van der Waals surface area contributed by atoms with Crippen molar-refractivity contribution < 1.29 is 4.79 Å². The number of carbonyl (C=O) groups excluding carboxylic acids is 1. The Morgan fingerprint density at radius 2 is 2.00 bits per heavy atom. The Kier molecular flexibility index (Phi) is 3.15. The average Bonchev–Trinajstić information content (AvgIpc) is 3.17. The van der Waals surface area contributed by atoms with Crippen LogP contribution in [0.3, 0.4) is 0 Å². The van der Waals surface area contributed by atoms with Crippen molar-refractivity contribution in [1.29, 1.82) is 0 Å². The van der Waals surface area contributed by atoms with Gasteiger partial charge in [-0.05, 0) is 38.7 Å². The minimum Gasteiger partial charge on any atom is -0.272 e. The van der Waals surface area contributed by atoms with Crippen molar-refractivity contribution in [3.05, 3.63) is 36.5 Å². The van der Waals surface area contributed by atoms with Crippen LogP contribution in [0.15, 0.2) is 35.8 Å². The first-order valence-electron chi connectivity index (χ1n) is 8.64. The van der Waals surface area contributed by atoms with E-state index in [2.05, 4.69) is 20.2 Å². The zero-order valence-corrected chi connectivity index (χ0v) is 14.5. The molecular formula is C18H17N7O. The van der Waals surface area contributed by atoms with E-state index in [4.69, 9.17) is 4.99 Å². The molecule has 0 spiro atoms. The summed E-state index contributed by atoms with van der Waals surface area (Å²) in [6.07, 6.45) is 9.11. The zero-order valence-electron chi connectivity index (χ0n) is 14.5. The number of hydrogen-bond acceptors (Lipinski definition) is 6. The molecule has 0 radical (unpaired) electrons. The van der Waals surface area contributed by atoms with Crippen molar-refractivity contribution in [1.82, 2.24) is 29.5 Å². The van der Waals surface area contributed by atoms with Gasteiger partial charge in [-0.3, -0.25) is 4.79 Å². The first-order valence-corrected chi connectivity index (χ1v) is 8.64. The maximum Gasteiger partial charge on any atom is 0.257 e. The lowest BCUT2D eigenvalue weighted by molar-refractivity contribution is 0.0841. The molecule has 1 aliphatic carbocycles. The fourth-order valence-corrected chi connectivity index (χ4v) is 3.45. The third kappa shape index (κ3) is 2.29. The van der Waals surface area contributed by atoms with Crippen LogP contribution in [0, 0.1) is 18.8 Å². The summed E-state index contributed by atoms with van der Waals surface area (Å²) in [4.78, 5) is 26.1. The van der Waals surface area contributed by atoms with E-state index in [0.29, 0.717) is 17.7 Å². The Hall–Kier alpha value is -3.16. The highest BCUT2D eigenvalue weighted by Crippen LogP contribution is 2.42. The predicted octanol–water partition coefficient (Wildman–Crippen LogP) is 2.61. The summed E-state index contributed by atoms with van der Waals surface area (Å²) >= 11 is 0. The third-order valence-electron chi connectivity index (χ3n) is 4.92. The largest absolute Gasteiger partial charge is 0.272 e. The first kappa shape index (κ1) is 15.1. The molecule has 1 unspecified atom stereocenters. The average molecular weight is 347 g/mol. The SMILES string of the molecule is CC1=Nc2c(-c3cnn(-c4nccc(C)n4)c3)cnn2C(=O)C1C1CC1. The highest BCUT2D eigenvalue weighted by molar-refractivity contribution is 6.09. The molecule has 0 bridgehead atoms. The summed E-state index contributed by atoms with van der Waals surface area (Å²) in [5.74, 6) is 1.40. The van der Waals surface area contributed by atoms with E-state index in [1.165, 1.54) is 4.68 Å². The van der Waals surface area contributed by atoms with E-state index in [0.717, 1.165) is 35.4 Å². The van der Waals surface area contributed by atoms with Crippen molar-refractivity contribution in [2.24, 2.45) is 16.8 Å². The molecule has 0 amide bonds. The number of aliphatic imine (C=N–C) groups is 1. The number of aryl methyl sites for hydroxylation is 1. The number of hydrogen-bond donors (Lipinski definition) is 0. The van der Waals surface area contributed by atoms with E-state index in [9.17, 15) is 4.79 Å². The number of carbonyl (C=O) groups is 1. The van der Waals surface area contributed by atoms with Crippen LogP contribution in [0.5, 0.6) is 0 Å². The molecule has 5 rings (SSSR count). The van der Waals surface area contributed by atoms with Crippen molar-refractivity contribution >= 4 is 17.4 Å². The van der Waals surface area contributed by atoms with Gasteiger partial charge in [-0.1, -0.05) is 0 Å². The van der Waals surface area contributed by atoms with Crippen molar-refractivity contribution in [2.75, 3.05) is 0 Å². The molecule has 130 valence electrons. The Bertz CT molecular complexity index is 1060. The normalized spacial score (nSPS) is 19.4. The van der Waals surface area contributed by atoms with Crippen molar-refractivity contribution in [3.8, 4) is 17.1 Å². The van der Waals surface area contributed by atoms with Crippen LogP contribution in [-0.4, -0.2) is 41.1 Å². The van der Waals surface area contributed by atoms with E-state index >= 15 is 0 Å². The van der Waals surface area contributed by atoms with E-state index in [1.807, 2.05) is 26.1 Å². The van der Waals surface area contributed by atoms with Crippen LogP contribution in [0.2, 0.25) is 0 Å². The van der Waals surface area contributed by atoms with Crippen LogP contribution >= 0.6 is 0 Å². The Balaban J connectivity index is 1.55. The summed E-state index contributed by atoms with van der Waals surface area (Å²) in [7, 11) is 0. The van der Waals surface area contributed by atoms with Crippen LogP contribution in [0.25, 0.3) is 17.1 Å². The van der Waals surface area contributed by atoms with Crippen molar-refractivity contribution in [2.45, 2.75) is 26.7 Å². The molecule has 1 fully saturated rings. The highest BCUT2D eigenvalue weighted by Gasteiger charge is 2.42. The second-order valence-electron chi connectivity index (χ2n) is 6.87. The summed E-state index contributed by atoms with van der Waals surface area (Å²) in [5, 5.41) is 8.64. The van der Waals surface area contributed by atoms with Gasteiger partial charge in [0, 0.05) is 34.9 Å².